The number of likely N-dealkylation sites (tertiary alicyclic amines) is 1. The molecule has 8 nitrogen and oxygen atoms in total. The summed E-state index contributed by atoms with van der Waals surface area (Å²) in [6.45, 7) is 7.82. The molecule has 2 aliphatic rings. The van der Waals surface area contributed by atoms with Crippen LogP contribution in [0.2, 0.25) is 0 Å². The van der Waals surface area contributed by atoms with Gasteiger partial charge in [0, 0.05) is 38.4 Å². The van der Waals surface area contributed by atoms with Crippen LogP contribution in [0, 0.1) is 13.8 Å². The summed E-state index contributed by atoms with van der Waals surface area (Å²) in [5, 5.41) is 0. The fourth-order valence-corrected chi connectivity index (χ4v) is 6.08. The van der Waals surface area contributed by atoms with Gasteiger partial charge in [-0.05, 0) is 67.3 Å². The predicted octanol–water partition coefficient (Wildman–Crippen LogP) is 3.32. The van der Waals surface area contributed by atoms with Crippen molar-refractivity contribution < 1.29 is 9.59 Å². The molecule has 1 saturated heterocycles. The van der Waals surface area contributed by atoms with E-state index in [2.05, 4.69) is 6.07 Å². The number of rotatable bonds is 6. The highest BCUT2D eigenvalue weighted by atomic mass is 16.2. The SMILES string of the molecule is CCCn1c(=O)c(-c2cccc(C)c2C)cn(CC(=O)N2CCC(N3CCc4ccccc4CC3=O)CC2)c1=O. The third-order valence-electron chi connectivity index (χ3n) is 8.55. The van der Waals surface area contributed by atoms with Crippen LogP contribution in [-0.2, 0) is 35.5 Å². The summed E-state index contributed by atoms with van der Waals surface area (Å²) >= 11 is 0. The quantitative estimate of drug-likeness (QED) is 0.478. The van der Waals surface area contributed by atoms with Gasteiger partial charge in [0.1, 0.15) is 6.54 Å². The molecule has 210 valence electrons. The van der Waals surface area contributed by atoms with Crippen LogP contribution in [0.15, 0.2) is 58.3 Å². The molecule has 0 spiro atoms. The molecule has 0 aliphatic carbocycles. The van der Waals surface area contributed by atoms with Gasteiger partial charge < -0.3 is 9.80 Å². The van der Waals surface area contributed by atoms with Crippen molar-refractivity contribution in [1.29, 1.82) is 0 Å². The number of carbonyl (C=O) groups is 2. The van der Waals surface area contributed by atoms with E-state index in [-0.39, 0.29) is 30.0 Å². The Hall–Kier alpha value is -3.94. The van der Waals surface area contributed by atoms with Crippen molar-refractivity contribution in [1.82, 2.24) is 18.9 Å². The lowest BCUT2D eigenvalue weighted by Crippen LogP contribution is -2.50. The number of nitrogens with zero attached hydrogens (tertiary/aromatic N) is 4. The minimum Gasteiger partial charge on any atom is -0.341 e. The van der Waals surface area contributed by atoms with Gasteiger partial charge in [0.05, 0.1) is 12.0 Å². The topological polar surface area (TPSA) is 84.6 Å². The van der Waals surface area contributed by atoms with Crippen molar-refractivity contribution in [2.75, 3.05) is 19.6 Å². The number of hydrogen-bond acceptors (Lipinski definition) is 4. The number of benzene rings is 2. The molecule has 0 unspecified atom stereocenters. The van der Waals surface area contributed by atoms with Gasteiger partial charge in [-0.2, -0.15) is 0 Å². The monoisotopic (exact) mass is 542 g/mol. The van der Waals surface area contributed by atoms with Gasteiger partial charge in [-0.3, -0.25) is 23.5 Å². The van der Waals surface area contributed by atoms with E-state index in [1.54, 1.807) is 11.1 Å². The number of carbonyl (C=O) groups excluding carboxylic acids is 2. The molecule has 1 fully saturated rings. The fourth-order valence-electron chi connectivity index (χ4n) is 6.08. The average Bonchev–Trinajstić information content (AvgIpc) is 3.12. The Bertz CT molecular complexity index is 1550. The minimum atomic E-state index is -0.459. The van der Waals surface area contributed by atoms with E-state index in [1.807, 2.05) is 62.1 Å². The Kier molecular flexibility index (Phi) is 8.05. The largest absolute Gasteiger partial charge is 0.341 e. The summed E-state index contributed by atoms with van der Waals surface area (Å²) in [4.78, 5) is 56.8. The molecule has 2 amide bonds. The second-order valence-corrected chi connectivity index (χ2v) is 11.1. The number of piperidine rings is 1. The lowest BCUT2D eigenvalue weighted by atomic mass is 9.99. The van der Waals surface area contributed by atoms with Crippen LogP contribution >= 0.6 is 0 Å². The molecule has 0 atom stereocenters. The summed E-state index contributed by atoms with van der Waals surface area (Å²) in [5.41, 5.74) is 4.81. The minimum absolute atomic E-state index is 0.107. The van der Waals surface area contributed by atoms with Crippen molar-refractivity contribution in [2.45, 2.75) is 72.0 Å². The normalized spacial score (nSPS) is 16.1. The molecule has 0 radical (unpaired) electrons. The van der Waals surface area contributed by atoms with Crippen LogP contribution in [0.5, 0.6) is 0 Å². The van der Waals surface area contributed by atoms with Gasteiger partial charge in [-0.1, -0.05) is 49.4 Å². The van der Waals surface area contributed by atoms with Crippen LogP contribution < -0.4 is 11.2 Å². The van der Waals surface area contributed by atoms with Gasteiger partial charge >= 0.3 is 5.69 Å². The maximum absolute atomic E-state index is 13.4. The smallest absolute Gasteiger partial charge is 0.331 e. The second kappa shape index (κ2) is 11.7. The molecule has 1 aromatic heterocycles. The van der Waals surface area contributed by atoms with E-state index in [0.29, 0.717) is 57.4 Å². The van der Waals surface area contributed by atoms with Crippen LogP contribution in [0.3, 0.4) is 0 Å². The van der Waals surface area contributed by atoms with Gasteiger partial charge in [0.15, 0.2) is 0 Å². The van der Waals surface area contributed by atoms with Crippen LogP contribution in [0.4, 0.5) is 0 Å². The second-order valence-electron chi connectivity index (χ2n) is 11.1. The summed E-state index contributed by atoms with van der Waals surface area (Å²) in [7, 11) is 0. The van der Waals surface area contributed by atoms with Crippen LogP contribution in [0.25, 0.3) is 11.1 Å². The lowest BCUT2D eigenvalue weighted by Gasteiger charge is -2.38. The third-order valence-corrected chi connectivity index (χ3v) is 8.55. The molecule has 5 rings (SSSR count). The highest BCUT2D eigenvalue weighted by Gasteiger charge is 2.31. The first kappa shape index (κ1) is 27.6. The van der Waals surface area contributed by atoms with Crippen molar-refractivity contribution >= 4 is 11.8 Å². The Morgan fingerprint density at radius 1 is 0.900 bits per heavy atom. The van der Waals surface area contributed by atoms with E-state index in [1.165, 1.54) is 14.7 Å². The molecule has 40 heavy (non-hydrogen) atoms. The summed E-state index contributed by atoms with van der Waals surface area (Å²) in [6, 6.07) is 14.0. The van der Waals surface area contributed by atoms with E-state index in [4.69, 9.17) is 0 Å². The van der Waals surface area contributed by atoms with E-state index < -0.39 is 5.69 Å². The number of amides is 2. The van der Waals surface area contributed by atoms with Crippen LogP contribution in [0.1, 0.15) is 48.4 Å². The van der Waals surface area contributed by atoms with Crippen molar-refractivity contribution in [3.8, 4) is 11.1 Å². The third kappa shape index (κ3) is 5.40. The molecule has 8 heteroatoms. The zero-order valence-electron chi connectivity index (χ0n) is 23.7. The highest BCUT2D eigenvalue weighted by molar-refractivity contribution is 5.80. The van der Waals surface area contributed by atoms with E-state index in [0.717, 1.165) is 28.7 Å². The van der Waals surface area contributed by atoms with Crippen molar-refractivity contribution in [3.63, 3.8) is 0 Å². The summed E-state index contributed by atoms with van der Waals surface area (Å²) < 4.78 is 2.64. The molecule has 0 N–H and O–H groups in total. The number of aromatic nitrogens is 2. The molecule has 3 heterocycles. The van der Waals surface area contributed by atoms with Crippen molar-refractivity contribution in [2.24, 2.45) is 0 Å². The summed E-state index contributed by atoms with van der Waals surface area (Å²) in [5.74, 6) is 0.00203. The van der Waals surface area contributed by atoms with Gasteiger partial charge in [0.2, 0.25) is 11.8 Å². The van der Waals surface area contributed by atoms with Gasteiger partial charge in [0.25, 0.3) is 5.56 Å². The standard InChI is InChI=1S/C32H38N4O4/c1-4-15-36-31(39)28(27-11-7-8-22(2)23(27)3)20-34(32(36)40)21-30(38)33-16-13-26(14-17-33)35-18-12-24-9-5-6-10-25(24)19-29(35)37/h5-11,20,26H,4,12-19,21H2,1-3H3. The first-order valence-corrected chi connectivity index (χ1v) is 14.3. The van der Waals surface area contributed by atoms with Crippen molar-refractivity contribution in [3.05, 3.63) is 91.8 Å². The first-order valence-electron chi connectivity index (χ1n) is 14.3. The number of aryl methyl sites for hydroxylation is 1. The Labute approximate surface area is 234 Å². The maximum Gasteiger partial charge on any atom is 0.331 e. The molecule has 2 aromatic carbocycles. The molecular weight excluding hydrogens is 504 g/mol. The molecule has 2 aliphatic heterocycles. The van der Waals surface area contributed by atoms with Gasteiger partial charge in [-0.25, -0.2) is 4.79 Å². The Morgan fingerprint density at radius 3 is 2.35 bits per heavy atom. The van der Waals surface area contributed by atoms with E-state index in [9.17, 15) is 19.2 Å². The lowest BCUT2D eigenvalue weighted by molar-refractivity contribution is -0.136. The molecule has 0 saturated carbocycles. The van der Waals surface area contributed by atoms with E-state index >= 15 is 0 Å². The first-order chi connectivity index (χ1) is 19.3. The zero-order chi connectivity index (χ0) is 28.4. The Balaban J connectivity index is 1.31. The molecular formula is C32H38N4O4. The molecule has 0 bridgehead atoms. The van der Waals surface area contributed by atoms with Crippen LogP contribution in [-0.4, -0.2) is 56.4 Å². The fraction of sp³-hybridized carbons (Fsp3) is 0.438. The Morgan fingerprint density at radius 2 is 1.62 bits per heavy atom. The summed E-state index contributed by atoms with van der Waals surface area (Å²) in [6.07, 6.45) is 4.89. The number of fused-ring (bicyclic) bond motifs is 1. The number of hydrogen-bond donors (Lipinski definition) is 0. The maximum atomic E-state index is 13.4. The molecule has 3 aromatic rings. The zero-order valence-corrected chi connectivity index (χ0v) is 23.7. The van der Waals surface area contributed by atoms with Gasteiger partial charge in [-0.15, -0.1) is 0 Å². The highest BCUT2D eigenvalue weighted by Crippen LogP contribution is 2.24. The average molecular weight is 543 g/mol. The predicted molar refractivity (Wildman–Crippen MR) is 155 cm³/mol.